The summed E-state index contributed by atoms with van der Waals surface area (Å²) < 4.78 is 0. The minimum atomic E-state index is -0.726. The Bertz CT molecular complexity index is 482. The number of aliphatic carboxylic acids is 1. The number of anilines is 1. The van der Waals surface area contributed by atoms with E-state index in [9.17, 15) is 9.59 Å². The van der Waals surface area contributed by atoms with E-state index in [2.05, 4.69) is 10.2 Å². The van der Waals surface area contributed by atoms with Crippen molar-refractivity contribution >= 4 is 17.6 Å². The first-order valence-corrected chi connectivity index (χ1v) is 7.95. The Morgan fingerprint density at radius 3 is 2.45 bits per heavy atom. The standard InChI is InChI=1S/C17H24N2O3/c20-16(21)8-4-5-11-19-12-9-14(10-13-19)17(22)18-15-6-2-1-3-7-15/h1-3,6-7,14H,4-5,8-13H2,(H,18,22)(H,20,21). The number of hydrogen-bond acceptors (Lipinski definition) is 3. The van der Waals surface area contributed by atoms with E-state index in [1.165, 1.54) is 0 Å². The Morgan fingerprint density at radius 2 is 1.82 bits per heavy atom. The SMILES string of the molecule is O=C(O)CCCCN1CCC(C(=O)Nc2ccccc2)CC1. The number of likely N-dealkylation sites (tertiary alicyclic amines) is 1. The molecule has 22 heavy (non-hydrogen) atoms. The van der Waals surface area contributed by atoms with Crippen LogP contribution in [0.4, 0.5) is 5.69 Å². The largest absolute Gasteiger partial charge is 0.481 e. The summed E-state index contributed by atoms with van der Waals surface area (Å²) >= 11 is 0. The molecule has 1 aliphatic heterocycles. The maximum absolute atomic E-state index is 12.2. The highest BCUT2D eigenvalue weighted by Gasteiger charge is 2.24. The summed E-state index contributed by atoms with van der Waals surface area (Å²) in [5.74, 6) is -0.538. The number of para-hydroxylation sites is 1. The number of carboxylic acids is 1. The molecule has 0 spiro atoms. The summed E-state index contributed by atoms with van der Waals surface area (Å²) in [6.07, 6.45) is 3.63. The number of carboxylic acid groups (broad SMARTS) is 1. The predicted molar refractivity (Wildman–Crippen MR) is 85.7 cm³/mol. The second-order valence-corrected chi connectivity index (χ2v) is 5.82. The minimum Gasteiger partial charge on any atom is -0.481 e. The number of nitrogens with zero attached hydrogens (tertiary/aromatic N) is 1. The molecule has 0 aliphatic carbocycles. The van der Waals surface area contributed by atoms with Gasteiger partial charge in [0.25, 0.3) is 0 Å². The van der Waals surface area contributed by atoms with Crippen molar-refractivity contribution < 1.29 is 14.7 Å². The average Bonchev–Trinajstić information content (AvgIpc) is 2.53. The van der Waals surface area contributed by atoms with Crippen LogP contribution in [0.2, 0.25) is 0 Å². The van der Waals surface area contributed by atoms with Crippen molar-refractivity contribution in [1.82, 2.24) is 4.90 Å². The Kier molecular flexibility index (Phi) is 6.40. The lowest BCUT2D eigenvalue weighted by Crippen LogP contribution is -2.38. The Hall–Kier alpha value is -1.88. The third-order valence-corrected chi connectivity index (χ3v) is 4.11. The van der Waals surface area contributed by atoms with Crippen molar-refractivity contribution in [2.75, 3.05) is 25.0 Å². The van der Waals surface area contributed by atoms with Crippen molar-refractivity contribution in [3.8, 4) is 0 Å². The van der Waals surface area contributed by atoms with Gasteiger partial charge in [-0.3, -0.25) is 9.59 Å². The van der Waals surface area contributed by atoms with Crippen LogP contribution in [0.15, 0.2) is 30.3 Å². The van der Waals surface area contributed by atoms with Gasteiger partial charge in [0, 0.05) is 18.0 Å². The van der Waals surface area contributed by atoms with Crippen LogP contribution in [-0.2, 0) is 9.59 Å². The normalized spacial score (nSPS) is 16.4. The summed E-state index contributed by atoms with van der Waals surface area (Å²) in [6.45, 7) is 2.76. The number of hydrogen-bond donors (Lipinski definition) is 2. The number of unbranched alkanes of at least 4 members (excludes halogenated alkanes) is 1. The highest BCUT2D eigenvalue weighted by molar-refractivity contribution is 5.92. The second-order valence-electron chi connectivity index (χ2n) is 5.82. The van der Waals surface area contributed by atoms with Crippen LogP contribution in [0.1, 0.15) is 32.1 Å². The molecule has 1 heterocycles. The zero-order valence-corrected chi connectivity index (χ0v) is 12.8. The molecule has 1 aromatic carbocycles. The van der Waals surface area contributed by atoms with Crippen LogP contribution in [0, 0.1) is 5.92 Å². The molecular weight excluding hydrogens is 280 g/mol. The zero-order valence-electron chi connectivity index (χ0n) is 12.8. The highest BCUT2D eigenvalue weighted by atomic mass is 16.4. The van der Waals surface area contributed by atoms with Gasteiger partial charge in [0.2, 0.25) is 5.91 Å². The zero-order chi connectivity index (χ0) is 15.8. The smallest absolute Gasteiger partial charge is 0.303 e. The second kappa shape index (κ2) is 8.54. The number of amides is 1. The van der Waals surface area contributed by atoms with Crippen LogP contribution in [-0.4, -0.2) is 41.5 Å². The van der Waals surface area contributed by atoms with Crippen molar-refractivity contribution in [2.24, 2.45) is 5.92 Å². The molecule has 5 nitrogen and oxygen atoms in total. The van der Waals surface area contributed by atoms with Gasteiger partial charge >= 0.3 is 5.97 Å². The maximum Gasteiger partial charge on any atom is 0.303 e. The van der Waals surface area contributed by atoms with Crippen LogP contribution < -0.4 is 5.32 Å². The van der Waals surface area contributed by atoms with E-state index in [1.54, 1.807) is 0 Å². The fourth-order valence-corrected chi connectivity index (χ4v) is 2.80. The van der Waals surface area contributed by atoms with Gasteiger partial charge in [-0.15, -0.1) is 0 Å². The van der Waals surface area contributed by atoms with Crippen LogP contribution in [0.5, 0.6) is 0 Å². The molecule has 0 unspecified atom stereocenters. The van der Waals surface area contributed by atoms with E-state index < -0.39 is 5.97 Å². The molecule has 5 heteroatoms. The van der Waals surface area contributed by atoms with Gasteiger partial charge in [0.05, 0.1) is 0 Å². The molecule has 0 saturated carbocycles. The number of carbonyl (C=O) groups is 2. The molecule has 0 atom stereocenters. The van der Waals surface area contributed by atoms with E-state index in [4.69, 9.17) is 5.11 Å². The minimum absolute atomic E-state index is 0.0791. The molecule has 120 valence electrons. The van der Waals surface area contributed by atoms with Crippen LogP contribution in [0.25, 0.3) is 0 Å². The molecule has 0 bridgehead atoms. The van der Waals surface area contributed by atoms with Gasteiger partial charge in [-0.05, 0) is 57.5 Å². The van der Waals surface area contributed by atoms with Gasteiger partial charge < -0.3 is 15.3 Å². The maximum atomic E-state index is 12.2. The molecule has 1 fully saturated rings. The first-order chi connectivity index (χ1) is 10.6. The number of benzene rings is 1. The lowest BCUT2D eigenvalue weighted by Gasteiger charge is -2.31. The molecule has 1 aliphatic rings. The summed E-state index contributed by atoms with van der Waals surface area (Å²) in [5.41, 5.74) is 0.851. The first-order valence-electron chi connectivity index (χ1n) is 7.95. The van der Waals surface area contributed by atoms with Crippen molar-refractivity contribution in [2.45, 2.75) is 32.1 Å². The highest BCUT2D eigenvalue weighted by Crippen LogP contribution is 2.19. The van der Waals surface area contributed by atoms with Gasteiger partial charge in [0.15, 0.2) is 0 Å². The Balaban J connectivity index is 1.66. The quantitative estimate of drug-likeness (QED) is 0.760. The molecule has 1 aromatic rings. The van der Waals surface area contributed by atoms with E-state index in [0.29, 0.717) is 0 Å². The van der Waals surface area contributed by atoms with Crippen molar-refractivity contribution in [3.05, 3.63) is 30.3 Å². The predicted octanol–water partition coefficient (Wildman–Crippen LogP) is 2.59. The fraction of sp³-hybridized carbons (Fsp3) is 0.529. The van der Waals surface area contributed by atoms with Crippen LogP contribution >= 0.6 is 0 Å². The topological polar surface area (TPSA) is 69.6 Å². The number of nitrogens with one attached hydrogen (secondary N) is 1. The lowest BCUT2D eigenvalue weighted by atomic mass is 9.95. The molecule has 0 aromatic heterocycles. The van der Waals surface area contributed by atoms with Gasteiger partial charge in [-0.1, -0.05) is 18.2 Å². The summed E-state index contributed by atoms with van der Waals surface area (Å²) in [5, 5.41) is 11.6. The van der Waals surface area contributed by atoms with E-state index in [1.807, 2.05) is 30.3 Å². The van der Waals surface area contributed by atoms with E-state index in [-0.39, 0.29) is 18.2 Å². The lowest BCUT2D eigenvalue weighted by molar-refractivity contribution is -0.137. The van der Waals surface area contributed by atoms with Gasteiger partial charge in [0.1, 0.15) is 0 Å². The molecule has 1 amide bonds. The average molecular weight is 304 g/mol. The molecule has 2 rings (SSSR count). The summed E-state index contributed by atoms with van der Waals surface area (Å²) in [7, 11) is 0. The Labute approximate surface area is 131 Å². The number of carbonyl (C=O) groups excluding carboxylic acids is 1. The molecular formula is C17H24N2O3. The fourth-order valence-electron chi connectivity index (χ4n) is 2.80. The third kappa shape index (κ3) is 5.48. The summed E-state index contributed by atoms with van der Waals surface area (Å²) in [6, 6.07) is 9.55. The van der Waals surface area contributed by atoms with E-state index >= 15 is 0 Å². The van der Waals surface area contributed by atoms with E-state index in [0.717, 1.165) is 51.0 Å². The third-order valence-electron chi connectivity index (χ3n) is 4.11. The van der Waals surface area contributed by atoms with Gasteiger partial charge in [-0.25, -0.2) is 0 Å². The number of piperidine rings is 1. The first kappa shape index (κ1) is 16.5. The van der Waals surface area contributed by atoms with Crippen molar-refractivity contribution in [1.29, 1.82) is 0 Å². The van der Waals surface area contributed by atoms with Crippen molar-refractivity contribution in [3.63, 3.8) is 0 Å². The number of rotatable bonds is 7. The van der Waals surface area contributed by atoms with Crippen LogP contribution in [0.3, 0.4) is 0 Å². The molecule has 0 radical (unpaired) electrons. The molecule has 1 saturated heterocycles. The molecule has 2 N–H and O–H groups in total. The van der Waals surface area contributed by atoms with Gasteiger partial charge in [-0.2, -0.15) is 0 Å². The Morgan fingerprint density at radius 1 is 1.14 bits per heavy atom. The monoisotopic (exact) mass is 304 g/mol. The summed E-state index contributed by atoms with van der Waals surface area (Å²) in [4.78, 5) is 25.0.